The van der Waals surface area contributed by atoms with Crippen LogP contribution < -0.4 is 0 Å². The van der Waals surface area contributed by atoms with Crippen LogP contribution in [0.1, 0.15) is 32.7 Å². The minimum atomic E-state index is -1.59. The molecule has 35 heavy (non-hydrogen) atoms. The van der Waals surface area contributed by atoms with E-state index in [0.717, 1.165) is 12.1 Å². The largest absolute Gasteiger partial charge is 0.480 e. The van der Waals surface area contributed by atoms with Gasteiger partial charge in [-0.3, -0.25) is 0 Å². The second-order valence-electron chi connectivity index (χ2n) is 9.17. The van der Waals surface area contributed by atoms with Crippen molar-refractivity contribution in [1.82, 2.24) is 15.0 Å². The summed E-state index contributed by atoms with van der Waals surface area (Å²) in [4.78, 5) is 11.4. The zero-order chi connectivity index (χ0) is 25.0. The first kappa shape index (κ1) is 24.1. The Hall–Kier alpha value is -2.58. The Balaban J connectivity index is 1.57. The van der Waals surface area contributed by atoms with Gasteiger partial charge < -0.3 is 28.8 Å². The van der Waals surface area contributed by atoms with E-state index in [4.69, 9.17) is 23.7 Å². The molecule has 3 aliphatic heterocycles. The van der Waals surface area contributed by atoms with Crippen LogP contribution in [0.25, 0.3) is 11.3 Å². The highest BCUT2D eigenvalue weighted by atomic mass is 19.2. The summed E-state index contributed by atoms with van der Waals surface area (Å²) < 4.78 is 72.4. The van der Waals surface area contributed by atoms with E-state index in [2.05, 4.69) is 10.3 Å². The molecule has 1 N–H and O–H groups in total. The monoisotopic (exact) mass is 499 g/mol. The fourth-order valence-corrected chi connectivity index (χ4v) is 4.85. The highest BCUT2D eigenvalue weighted by molar-refractivity contribution is 5.68. The van der Waals surface area contributed by atoms with E-state index < -0.39 is 66.0 Å². The molecule has 5 rings (SSSR count). The fourth-order valence-electron chi connectivity index (χ4n) is 4.85. The average Bonchev–Trinajstić information content (AvgIpc) is 3.46. The number of fused-ring (bicyclic) bond motifs is 1. The van der Waals surface area contributed by atoms with Crippen LogP contribution in [0.5, 0.6) is 0 Å². The molecule has 0 aliphatic carbocycles. The Morgan fingerprint density at radius 1 is 1.23 bits per heavy atom. The molecule has 1 aromatic carbocycles. The van der Waals surface area contributed by atoms with Crippen molar-refractivity contribution in [1.29, 1.82) is 0 Å². The molecular weight excluding hydrogens is 475 g/mol. The van der Waals surface area contributed by atoms with Gasteiger partial charge in [-0.2, -0.15) is 0 Å². The summed E-state index contributed by atoms with van der Waals surface area (Å²) in [5.41, 5.74) is 0.0369. The summed E-state index contributed by atoms with van der Waals surface area (Å²) in [6, 6.07) is 0.826. The van der Waals surface area contributed by atoms with Gasteiger partial charge in [-0.1, -0.05) is 5.21 Å². The van der Waals surface area contributed by atoms with Gasteiger partial charge in [-0.05, 0) is 32.4 Å². The summed E-state index contributed by atoms with van der Waals surface area (Å²) in [5, 5.41) is 17.4. The minimum absolute atomic E-state index is 0.0284. The topological polar surface area (TPSA) is 114 Å². The van der Waals surface area contributed by atoms with Crippen LogP contribution >= 0.6 is 0 Å². The van der Waals surface area contributed by atoms with Gasteiger partial charge in [-0.15, -0.1) is 5.10 Å². The lowest BCUT2D eigenvalue weighted by Gasteiger charge is -2.54. The van der Waals surface area contributed by atoms with Crippen molar-refractivity contribution in [3.8, 4) is 11.3 Å². The van der Waals surface area contributed by atoms with Gasteiger partial charge in [0.25, 0.3) is 0 Å². The lowest BCUT2D eigenvalue weighted by atomic mass is 9.87. The second kappa shape index (κ2) is 8.82. The Kier molecular flexibility index (Phi) is 6.08. The predicted octanol–water partition coefficient (Wildman–Crippen LogP) is 2.43. The van der Waals surface area contributed by atoms with Crippen LogP contribution in [0, 0.1) is 17.5 Å². The van der Waals surface area contributed by atoms with Gasteiger partial charge in [0.1, 0.15) is 36.7 Å². The smallest absolute Gasteiger partial charge is 0.329 e. The highest BCUT2D eigenvalue weighted by Gasteiger charge is 2.61. The number of carboxylic acid groups (broad SMARTS) is 1. The Labute approximate surface area is 197 Å². The number of halogens is 3. The number of ether oxygens (including phenoxy) is 5. The number of aromatic nitrogens is 3. The molecule has 3 aliphatic rings. The van der Waals surface area contributed by atoms with Crippen molar-refractivity contribution in [2.45, 2.75) is 62.6 Å². The van der Waals surface area contributed by atoms with Crippen LogP contribution in [0.3, 0.4) is 0 Å². The molecule has 2 aromatic rings. The SMILES string of the molecule is CC1(C)OC[C@H]2O[C@@]3(CCCO3)[C@H](OCC(=O)O)[C@@H](n3cc(-c4cc(F)c(F)c(F)c4)nn3)[C@H]2O1. The third-order valence-corrected chi connectivity index (χ3v) is 6.31. The molecule has 190 valence electrons. The maximum atomic E-state index is 13.8. The molecule has 1 spiro atoms. The van der Waals surface area contributed by atoms with Crippen LogP contribution in [0.15, 0.2) is 18.3 Å². The minimum Gasteiger partial charge on any atom is -0.480 e. The van der Waals surface area contributed by atoms with Crippen LogP contribution in [0.4, 0.5) is 13.2 Å². The summed E-state index contributed by atoms with van der Waals surface area (Å²) in [5.74, 6) is -7.78. The van der Waals surface area contributed by atoms with E-state index in [1.807, 2.05) is 0 Å². The third-order valence-electron chi connectivity index (χ3n) is 6.31. The predicted molar refractivity (Wildman–Crippen MR) is 109 cm³/mol. The Morgan fingerprint density at radius 3 is 2.63 bits per heavy atom. The molecule has 3 saturated heterocycles. The van der Waals surface area contributed by atoms with Crippen molar-refractivity contribution >= 4 is 5.97 Å². The molecule has 5 atom stereocenters. The van der Waals surface area contributed by atoms with Crippen molar-refractivity contribution in [2.24, 2.45) is 0 Å². The average molecular weight is 499 g/mol. The van der Waals surface area contributed by atoms with Gasteiger partial charge in [-0.25, -0.2) is 22.6 Å². The fraction of sp³-hybridized carbons (Fsp3) is 0.591. The highest BCUT2D eigenvalue weighted by Crippen LogP contribution is 2.48. The first-order chi connectivity index (χ1) is 16.6. The van der Waals surface area contributed by atoms with Crippen molar-refractivity contribution in [2.75, 3.05) is 19.8 Å². The zero-order valence-electron chi connectivity index (χ0n) is 18.9. The molecular formula is C22H24F3N3O7. The van der Waals surface area contributed by atoms with Crippen LogP contribution in [-0.4, -0.2) is 75.8 Å². The molecule has 0 amide bonds. The Morgan fingerprint density at radius 2 is 1.97 bits per heavy atom. The lowest BCUT2D eigenvalue weighted by Crippen LogP contribution is -2.67. The number of nitrogens with zero attached hydrogens (tertiary/aromatic N) is 3. The lowest BCUT2D eigenvalue weighted by molar-refractivity contribution is -0.403. The van der Waals surface area contributed by atoms with Gasteiger partial charge in [0.2, 0.25) is 0 Å². The number of benzene rings is 1. The van der Waals surface area contributed by atoms with E-state index in [1.54, 1.807) is 13.8 Å². The van der Waals surface area contributed by atoms with E-state index in [0.29, 0.717) is 19.4 Å². The summed E-state index contributed by atoms with van der Waals surface area (Å²) in [7, 11) is 0. The Bertz CT molecular complexity index is 1100. The van der Waals surface area contributed by atoms with E-state index >= 15 is 0 Å². The molecule has 13 heteroatoms. The van der Waals surface area contributed by atoms with Crippen molar-refractivity contribution < 1.29 is 46.8 Å². The van der Waals surface area contributed by atoms with Gasteiger partial charge in [0, 0.05) is 12.0 Å². The molecule has 1 aromatic heterocycles. The first-order valence-electron chi connectivity index (χ1n) is 11.1. The maximum Gasteiger partial charge on any atom is 0.329 e. The van der Waals surface area contributed by atoms with Crippen LogP contribution in [0.2, 0.25) is 0 Å². The molecule has 4 heterocycles. The van der Waals surface area contributed by atoms with Crippen molar-refractivity contribution in [3.63, 3.8) is 0 Å². The first-order valence-corrected chi connectivity index (χ1v) is 11.1. The van der Waals surface area contributed by atoms with Gasteiger partial charge >= 0.3 is 5.97 Å². The summed E-state index contributed by atoms with van der Waals surface area (Å²) in [6.07, 6.45) is 0.183. The number of hydrogen-bond acceptors (Lipinski definition) is 8. The van der Waals surface area contributed by atoms with E-state index in [1.165, 1.54) is 10.9 Å². The molecule has 3 fully saturated rings. The van der Waals surface area contributed by atoms with Crippen molar-refractivity contribution in [3.05, 3.63) is 35.8 Å². The standard InChI is InChI=1S/C22H24F3N3O7/c1-21(2)33-9-15-19(35-21)18(20(31-10-16(29)30)22(34-15)4-3-5-32-22)28-8-14(26-27-28)11-6-12(23)17(25)13(24)7-11/h6-8,15,18-20H,3-5,9-10H2,1-2H3,(H,29,30)/t15-,18+,19+,20-,22+/m1/s1. The molecule has 0 bridgehead atoms. The summed E-state index contributed by atoms with van der Waals surface area (Å²) >= 11 is 0. The van der Waals surface area contributed by atoms with Gasteiger partial charge in [0.05, 0.1) is 19.4 Å². The van der Waals surface area contributed by atoms with E-state index in [-0.39, 0.29) is 17.9 Å². The number of carboxylic acids is 1. The number of aliphatic carboxylic acids is 1. The molecule has 0 radical (unpaired) electrons. The summed E-state index contributed by atoms with van der Waals surface area (Å²) in [6.45, 7) is 3.35. The molecule has 10 nitrogen and oxygen atoms in total. The van der Waals surface area contributed by atoms with E-state index in [9.17, 15) is 23.1 Å². The maximum absolute atomic E-state index is 13.8. The van der Waals surface area contributed by atoms with Crippen LogP contribution in [-0.2, 0) is 28.5 Å². The number of carbonyl (C=O) groups is 1. The van der Waals surface area contributed by atoms with Gasteiger partial charge in [0.15, 0.2) is 29.0 Å². The normalized spacial score (nSPS) is 32.0. The second-order valence-corrected chi connectivity index (χ2v) is 9.17. The molecule has 0 saturated carbocycles. The number of rotatable bonds is 5. The number of hydrogen-bond donors (Lipinski definition) is 1. The zero-order valence-corrected chi connectivity index (χ0v) is 18.9. The molecule has 0 unspecified atom stereocenters. The third kappa shape index (κ3) is 4.42. The quantitative estimate of drug-likeness (QED) is 0.620.